The van der Waals surface area contributed by atoms with Crippen LogP contribution >= 0.6 is 22.9 Å². The zero-order valence-electron chi connectivity index (χ0n) is 14.5. The molecule has 1 aromatic carbocycles. The number of sulfone groups is 1. The predicted molar refractivity (Wildman–Crippen MR) is 100 cm³/mol. The molecule has 2 atom stereocenters. The van der Waals surface area contributed by atoms with E-state index < -0.39 is 20.5 Å². The molecule has 0 radical (unpaired) electrons. The number of hydrogen-bond acceptors (Lipinski definition) is 6. The maximum atomic E-state index is 14.5. The van der Waals surface area contributed by atoms with Gasteiger partial charge in [-0.2, -0.15) is 0 Å². The van der Waals surface area contributed by atoms with E-state index in [1.807, 2.05) is 14.1 Å². The number of nitrogens with zero attached hydrogens (tertiary/aromatic N) is 2. The van der Waals surface area contributed by atoms with Crippen molar-refractivity contribution < 1.29 is 17.5 Å². The third-order valence-electron chi connectivity index (χ3n) is 4.48. The van der Waals surface area contributed by atoms with Crippen LogP contribution in [0.4, 0.5) is 4.39 Å². The normalized spacial score (nSPS) is 20.7. The van der Waals surface area contributed by atoms with E-state index in [1.54, 1.807) is 5.38 Å². The number of aromatic nitrogens is 1. The van der Waals surface area contributed by atoms with Crippen LogP contribution in [0.25, 0.3) is 0 Å². The maximum Gasteiger partial charge on any atom is 0.187 e. The van der Waals surface area contributed by atoms with E-state index in [0.29, 0.717) is 5.01 Å². The van der Waals surface area contributed by atoms with Crippen molar-refractivity contribution in [2.75, 3.05) is 14.1 Å². The SMILES string of the molecule is CN(C)[C@H]1CCC[C@@H]1Oc1cc(F)c(S(=O)(=O)Cc2nccs2)cc1Cl. The second kappa shape index (κ2) is 7.80. The van der Waals surface area contributed by atoms with Gasteiger partial charge in [-0.3, -0.25) is 0 Å². The highest BCUT2D eigenvalue weighted by Gasteiger charge is 2.32. The Morgan fingerprint density at radius 2 is 2.15 bits per heavy atom. The molecule has 1 saturated carbocycles. The Morgan fingerprint density at radius 1 is 1.38 bits per heavy atom. The number of rotatable bonds is 6. The van der Waals surface area contributed by atoms with Crippen LogP contribution in [0.1, 0.15) is 24.3 Å². The number of halogens is 2. The molecule has 26 heavy (non-hydrogen) atoms. The number of hydrogen-bond donors (Lipinski definition) is 0. The fourth-order valence-corrected chi connectivity index (χ4v) is 5.82. The average Bonchev–Trinajstić information content (AvgIpc) is 3.21. The largest absolute Gasteiger partial charge is 0.487 e. The minimum atomic E-state index is -3.88. The molecule has 1 heterocycles. The lowest BCUT2D eigenvalue weighted by Crippen LogP contribution is -2.38. The van der Waals surface area contributed by atoms with Gasteiger partial charge in [0, 0.05) is 23.7 Å². The zero-order valence-corrected chi connectivity index (χ0v) is 16.9. The lowest BCUT2D eigenvalue weighted by Gasteiger charge is -2.27. The van der Waals surface area contributed by atoms with Crippen molar-refractivity contribution in [1.82, 2.24) is 9.88 Å². The van der Waals surface area contributed by atoms with Gasteiger partial charge in [-0.1, -0.05) is 11.6 Å². The molecule has 0 amide bonds. The summed E-state index contributed by atoms with van der Waals surface area (Å²) in [5.74, 6) is -1.04. The third kappa shape index (κ3) is 4.19. The molecule has 2 aromatic rings. The molecule has 0 N–H and O–H groups in total. The van der Waals surface area contributed by atoms with Crippen LogP contribution in [0.3, 0.4) is 0 Å². The van der Waals surface area contributed by atoms with E-state index in [1.165, 1.54) is 17.5 Å². The molecule has 5 nitrogen and oxygen atoms in total. The average molecular weight is 419 g/mol. The second-order valence-corrected chi connectivity index (χ2v) is 9.86. The lowest BCUT2D eigenvalue weighted by atomic mass is 10.2. The molecule has 142 valence electrons. The van der Waals surface area contributed by atoms with Gasteiger partial charge in [0.25, 0.3) is 0 Å². The molecule has 0 saturated heterocycles. The van der Waals surface area contributed by atoms with Crippen LogP contribution in [0.5, 0.6) is 5.75 Å². The minimum Gasteiger partial charge on any atom is -0.487 e. The molecule has 1 aliphatic rings. The summed E-state index contributed by atoms with van der Waals surface area (Å²) in [4.78, 5) is 5.59. The molecule has 1 fully saturated rings. The number of ether oxygens (including phenoxy) is 1. The highest BCUT2D eigenvalue weighted by atomic mass is 35.5. The van der Waals surface area contributed by atoms with E-state index in [-0.39, 0.29) is 28.7 Å². The molecule has 1 aromatic heterocycles. The Hall–Kier alpha value is -1.22. The van der Waals surface area contributed by atoms with Gasteiger partial charge in [0.2, 0.25) is 0 Å². The van der Waals surface area contributed by atoms with E-state index >= 15 is 0 Å². The van der Waals surface area contributed by atoms with Gasteiger partial charge in [-0.25, -0.2) is 17.8 Å². The second-order valence-electron chi connectivity index (χ2n) is 6.52. The van der Waals surface area contributed by atoms with Crippen LogP contribution in [0.2, 0.25) is 5.02 Å². The molecule has 9 heteroatoms. The summed E-state index contributed by atoms with van der Waals surface area (Å²) in [5, 5.41) is 2.17. The van der Waals surface area contributed by atoms with Crippen molar-refractivity contribution >= 4 is 32.8 Å². The minimum absolute atomic E-state index is 0.0912. The molecule has 1 aliphatic carbocycles. The van der Waals surface area contributed by atoms with Gasteiger partial charge in [0.05, 0.1) is 5.02 Å². The fraction of sp³-hybridized carbons (Fsp3) is 0.471. The van der Waals surface area contributed by atoms with Gasteiger partial charge in [0.15, 0.2) is 9.84 Å². The number of thiazole rings is 1. The van der Waals surface area contributed by atoms with Crippen LogP contribution in [-0.2, 0) is 15.6 Å². The highest BCUT2D eigenvalue weighted by Crippen LogP contribution is 2.35. The van der Waals surface area contributed by atoms with Crippen molar-refractivity contribution in [3.8, 4) is 5.75 Å². The summed E-state index contributed by atoms with van der Waals surface area (Å²) in [7, 11) is 0.0701. The van der Waals surface area contributed by atoms with E-state index in [2.05, 4.69) is 9.88 Å². The van der Waals surface area contributed by atoms with Crippen molar-refractivity contribution in [2.24, 2.45) is 0 Å². The Bertz CT molecular complexity index is 872. The number of likely N-dealkylation sites (N-methyl/N-ethyl adjacent to an activating group) is 1. The third-order valence-corrected chi connectivity index (χ3v) is 7.37. The Morgan fingerprint density at radius 3 is 2.81 bits per heavy atom. The predicted octanol–water partition coefficient (Wildman–Crippen LogP) is 3.77. The van der Waals surface area contributed by atoms with Crippen LogP contribution in [-0.4, -0.2) is 44.5 Å². The lowest BCUT2D eigenvalue weighted by molar-refractivity contribution is 0.121. The van der Waals surface area contributed by atoms with Crippen molar-refractivity contribution in [1.29, 1.82) is 0 Å². The molecule has 0 bridgehead atoms. The quantitative estimate of drug-likeness (QED) is 0.714. The first-order valence-corrected chi connectivity index (χ1v) is 11.1. The molecular weight excluding hydrogens is 399 g/mol. The van der Waals surface area contributed by atoms with Gasteiger partial charge >= 0.3 is 0 Å². The Kier molecular flexibility index (Phi) is 5.86. The summed E-state index contributed by atoms with van der Waals surface area (Å²) in [6, 6.07) is 2.43. The standard InChI is InChI=1S/C17H20ClFN2O3S2/c1-21(2)13-4-3-5-14(13)24-15-9-12(19)16(8-11(15)18)26(22,23)10-17-20-6-7-25-17/h6-9,13-14H,3-5,10H2,1-2H3/t13-,14-/m0/s1. The molecule has 0 spiro atoms. The highest BCUT2D eigenvalue weighted by molar-refractivity contribution is 7.90. The van der Waals surface area contributed by atoms with Crippen LogP contribution in [0, 0.1) is 5.82 Å². The van der Waals surface area contributed by atoms with E-state index in [0.717, 1.165) is 31.4 Å². The molecule has 0 aliphatic heterocycles. The molecular formula is C17H20ClFN2O3S2. The monoisotopic (exact) mass is 418 g/mol. The first-order chi connectivity index (χ1) is 12.3. The maximum absolute atomic E-state index is 14.5. The first-order valence-electron chi connectivity index (χ1n) is 8.21. The first kappa shape index (κ1) is 19.5. The molecule has 3 rings (SSSR count). The topological polar surface area (TPSA) is 59.5 Å². The van der Waals surface area contributed by atoms with Crippen molar-refractivity contribution in [3.63, 3.8) is 0 Å². The van der Waals surface area contributed by atoms with Crippen LogP contribution < -0.4 is 4.74 Å². The summed E-state index contributed by atoms with van der Waals surface area (Å²) < 4.78 is 45.4. The van der Waals surface area contributed by atoms with Crippen LogP contribution in [0.15, 0.2) is 28.6 Å². The number of benzene rings is 1. The summed E-state index contributed by atoms with van der Waals surface area (Å²) in [6.45, 7) is 0. The van der Waals surface area contributed by atoms with Gasteiger partial charge in [-0.05, 0) is 39.4 Å². The summed E-state index contributed by atoms with van der Waals surface area (Å²) >= 11 is 7.42. The zero-order chi connectivity index (χ0) is 18.9. The van der Waals surface area contributed by atoms with Gasteiger partial charge in [-0.15, -0.1) is 11.3 Å². The summed E-state index contributed by atoms with van der Waals surface area (Å²) in [5.41, 5.74) is 0. The fourth-order valence-electron chi connectivity index (χ4n) is 3.20. The van der Waals surface area contributed by atoms with Gasteiger partial charge in [0.1, 0.15) is 33.3 Å². The Labute approximate surface area is 161 Å². The Balaban J connectivity index is 1.84. The van der Waals surface area contributed by atoms with Crippen molar-refractivity contribution in [3.05, 3.63) is 39.6 Å². The van der Waals surface area contributed by atoms with Gasteiger partial charge < -0.3 is 9.64 Å². The van der Waals surface area contributed by atoms with E-state index in [9.17, 15) is 12.8 Å². The summed E-state index contributed by atoms with van der Waals surface area (Å²) in [6.07, 6.45) is 4.29. The smallest absolute Gasteiger partial charge is 0.187 e. The van der Waals surface area contributed by atoms with Crippen molar-refractivity contribution in [2.45, 2.75) is 42.1 Å². The molecule has 0 unspecified atom stereocenters. The van der Waals surface area contributed by atoms with E-state index in [4.69, 9.17) is 16.3 Å².